The summed E-state index contributed by atoms with van der Waals surface area (Å²) in [6.45, 7) is 6.62. The summed E-state index contributed by atoms with van der Waals surface area (Å²) in [7, 11) is 1.66. The first-order chi connectivity index (χ1) is 15.3. The Hall–Kier alpha value is -2.58. The van der Waals surface area contributed by atoms with Crippen molar-refractivity contribution in [3.8, 4) is 5.75 Å². The molecule has 2 aromatic rings. The topological polar surface area (TPSA) is 67.7 Å². The van der Waals surface area contributed by atoms with Gasteiger partial charge in [0.2, 0.25) is 0 Å². The number of morpholine rings is 1. The van der Waals surface area contributed by atoms with Crippen LogP contribution in [0.3, 0.4) is 0 Å². The lowest BCUT2D eigenvalue weighted by Crippen LogP contribution is -2.46. The van der Waals surface area contributed by atoms with E-state index in [0.717, 1.165) is 61.9 Å². The van der Waals surface area contributed by atoms with E-state index in [1.54, 1.807) is 13.3 Å². The maximum atomic E-state index is 5.79. The van der Waals surface area contributed by atoms with Crippen molar-refractivity contribution in [2.75, 3.05) is 40.0 Å². The largest absolute Gasteiger partial charge is 0.497 e. The van der Waals surface area contributed by atoms with E-state index in [0.29, 0.717) is 6.61 Å². The molecule has 1 saturated heterocycles. The minimum atomic E-state index is -0.0282. The van der Waals surface area contributed by atoms with E-state index >= 15 is 0 Å². The summed E-state index contributed by atoms with van der Waals surface area (Å²) in [6, 6.07) is 17.8. The van der Waals surface area contributed by atoms with Crippen molar-refractivity contribution in [2.45, 2.75) is 26.0 Å². The molecule has 0 aromatic heterocycles. The van der Waals surface area contributed by atoms with E-state index in [1.165, 1.54) is 0 Å². The highest BCUT2D eigenvalue weighted by atomic mass is 16.6. The summed E-state index contributed by atoms with van der Waals surface area (Å²) < 4.78 is 10.7. The lowest BCUT2D eigenvalue weighted by molar-refractivity contribution is 0.0146. The summed E-state index contributed by atoms with van der Waals surface area (Å²) in [5.41, 5.74) is 6.23. The van der Waals surface area contributed by atoms with Crippen molar-refractivity contribution in [1.29, 1.82) is 0 Å². The number of hydrogen-bond acceptors (Lipinski definition) is 7. The number of rotatable bonds is 11. The average molecular weight is 425 g/mol. The second-order valence-corrected chi connectivity index (χ2v) is 7.35. The minimum absolute atomic E-state index is 0.0282. The summed E-state index contributed by atoms with van der Waals surface area (Å²) in [4.78, 5) is 8.13. The average Bonchev–Trinajstić information content (AvgIpc) is 2.83. The Kier molecular flexibility index (Phi) is 9.66. The van der Waals surface area contributed by atoms with E-state index < -0.39 is 0 Å². The van der Waals surface area contributed by atoms with Crippen molar-refractivity contribution in [3.05, 3.63) is 65.7 Å². The predicted molar refractivity (Wildman–Crippen MR) is 124 cm³/mol. The van der Waals surface area contributed by atoms with Gasteiger partial charge in [0.25, 0.3) is 0 Å². The standard InChI is InChI=1S/C24H32N4O3/c1-3-23(27-31-19-21-7-5-4-6-8-21)24(18-28-13-15-30-16-14-28)26-25-17-20-9-11-22(29-2)12-10-20/h4-12,17,23,27H,3,13-16,18-19H2,1-2H3. The van der Waals surface area contributed by atoms with Gasteiger partial charge in [-0.05, 0) is 41.8 Å². The molecule has 3 rings (SSSR count). The predicted octanol–water partition coefficient (Wildman–Crippen LogP) is 3.30. The van der Waals surface area contributed by atoms with Crippen LogP contribution in [0.1, 0.15) is 24.5 Å². The SMILES string of the molecule is CCC(NOCc1ccccc1)C(CN1CCOCC1)=NN=Cc1ccc(OC)cc1. The summed E-state index contributed by atoms with van der Waals surface area (Å²) >= 11 is 0. The van der Waals surface area contributed by atoms with E-state index in [9.17, 15) is 0 Å². The number of benzene rings is 2. The monoisotopic (exact) mass is 424 g/mol. The highest BCUT2D eigenvalue weighted by Gasteiger charge is 2.20. The van der Waals surface area contributed by atoms with Crippen LogP contribution in [0.25, 0.3) is 0 Å². The molecule has 1 heterocycles. The Morgan fingerprint density at radius 1 is 1.13 bits per heavy atom. The quantitative estimate of drug-likeness (QED) is 0.443. The van der Waals surface area contributed by atoms with E-state index in [2.05, 4.69) is 27.5 Å². The molecular weight excluding hydrogens is 392 g/mol. The molecule has 7 heteroatoms. The van der Waals surface area contributed by atoms with Crippen molar-refractivity contribution < 1.29 is 14.3 Å². The third-order valence-corrected chi connectivity index (χ3v) is 5.12. The molecular formula is C24H32N4O3. The van der Waals surface area contributed by atoms with Gasteiger partial charge in [0, 0.05) is 19.6 Å². The molecule has 166 valence electrons. The van der Waals surface area contributed by atoms with Gasteiger partial charge in [-0.15, -0.1) is 0 Å². The van der Waals surface area contributed by atoms with Gasteiger partial charge in [-0.25, -0.2) is 0 Å². The summed E-state index contributed by atoms with van der Waals surface area (Å²) in [5, 5.41) is 8.95. The van der Waals surface area contributed by atoms with Crippen molar-refractivity contribution in [1.82, 2.24) is 10.4 Å². The first kappa shape index (κ1) is 23.1. The highest BCUT2D eigenvalue weighted by molar-refractivity contribution is 5.92. The van der Waals surface area contributed by atoms with Crippen LogP contribution in [0.5, 0.6) is 5.75 Å². The second kappa shape index (κ2) is 13.0. The lowest BCUT2D eigenvalue weighted by Gasteiger charge is -2.29. The fourth-order valence-electron chi connectivity index (χ4n) is 3.25. The fraction of sp³-hybridized carbons (Fsp3) is 0.417. The van der Waals surface area contributed by atoms with E-state index in [1.807, 2.05) is 54.6 Å². The van der Waals surface area contributed by atoms with Crippen molar-refractivity contribution in [3.63, 3.8) is 0 Å². The van der Waals surface area contributed by atoms with Crippen LogP contribution in [-0.2, 0) is 16.2 Å². The molecule has 0 spiro atoms. The minimum Gasteiger partial charge on any atom is -0.497 e. The molecule has 2 aromatic carbocycles. The van der Waals surface area contributed by atoms with Crippen molar-refractivity contribution >= 4 is 11.9 Å². The van der Waals surface area contributed by atoms with Gasteiger partial charge in [-0.1, -0.05) is 37.3 Å². The number of ether oxygens (including phenoxy) is 2. The summed E-state index contributed by atoms with van der Waals surface area (Å²) in [6.07, 6.45) is 2.60. The number of hydroxylamine groups is 1. The van der Waals surface area contributed by atoms with E-state index in [4.69, 9.17) is 14.3 Å². The Morgan fingerprint density at radius 2 is 1.87 bits per heavy atom. The third kappa shape index (κ3) is 7.88. The fourth-order valence-corrected chi connectivity index (χ4v) is 3.25. The molecule has 0 saturated carbocycles. The smallest absolute Gasteiger partial charge is 0.118 e. The van der Waals surface area contributed by atoms with Crippen LogP contribution in [-0.4, -0.2) is 62.8 Å². The summed E-state index contributed by atoms with van der Waals surface area (Å²) in [5.74, 6) is 0.819. The highest BCUT2D eigenvalue weighted by Crippen LogP contribution is 2.10. The molecule has 31 heavy (non-hydrogen) atoms. The lowest BCUT2D eigenvalue weighted by atomic mass is 10.1. The number of methoxy groups -OCH3 is 1. The Balaban J connectivity index is 1.66. The van der Waals surface area contributed by atoms with Crippen LogP contribution >= 0.6 is 0 Å². The van der Waals surface area contributed by atoms with Crippen molar-refractivity contribution in [2.24, 2.45) is 10.2 Å². The van der Waals surface area contributed by atoms with Crippen LogP contribution in [0.15, 0.2) is 64.8 Å². The zero-order valence-corrected chi connectivity index (χ0v) is 18.4. The van der Waals surface area contributed by atoms with Crippen LogP contribution in [0.2, 0.25) is 0 Å². The number of hydrogen-bond donors (Lipinski definition) is 1. The molecule has 1 aliphatic heterocycles. The van der Waals surface area contributed by atoms with Gasteiger partial charge in [-0.2, -0.15) is 15.7 Å². The first-order valence-corrected chi connectivity index (χ1v) is 10.7. The molecule has 0 radical (unpaired) electrons. The van der Waals surface area contributed by atoms with Gasteiger partial charge >= 0.3 is 0 Å². The Morgan fingerprint density at radius 3 is 2.55 bits per heavy atom. The third-order valence-electron chi connectivity index (χ3n) is 5.12. The van der Waals surface area contributed by atoms with E-state index in [-0.39, 0.29) is 6.04 Å². The first-order valence-electron chi connectivity index (χ1n) is 10.7. The molecule has 1 unspecified atom stereocenters. The Bertz CT molecular complexity index is 818. The second-order valence-electron chi connectivity index (χ2n) is 7.35. The zero-order chi connectivity index (χ0) is 21.7. The van der Waals surface area contributed by atoms with Gasteiger partial charge in [0.1, 0.15) is 5.75 Å². The maximum Gasteiger partial charge on any atom is 0.118 e. The Labute approximate surface area is 184 Å². The molecule has 1 aliphatic rings. The van der Waals surface area contributed by atoms with Gasteiger partial charge < -0.3 is 9.47 Å². The molecule has 7 nitrogen and oxygen atoms in total. The van der Waals surface area contributed by atoms with Crippen LogP contribution < -0.4 is 10.2 Å². The molecule has 1 fully saturated rings. The molecule has 0 aliphatic carbocycles. The molecule has 0 bridgehead atoms. The molecule has 1 atom stereocenters. The zero-order valence-electron chi connectivity index (χ0n) is 18.4. The number of nitrogens with one attached hydrogen (secondary N) is 1. The normalized spacial score (nSPS) is 16.5. The molecule has 0 amide bonds. The van der Waals surface area contributed by atoms with Crippen LogP contribution in [0.4, 0.5) is 0 Å². The van der Waals surface area contributed by atoms with Gasteiger partial charge in [0.05, 0.1) is 44.9 Å². The number of nitrogens with zero attached hydrogens (tertiary/aromatic N) is 3. The maximum absolute atomic E-state index is 5.79. The van der Waals surface area contributed by atoms with Gasteiger partial charge in [-0.3, -0.25) is 9.74 Å². The van der Waals surface area contributed by atoms with Gasteiger partial charge in [0.15, 0.2) is 0 Å². The molecule has 1 N–H and O–H groups in total. The van der Waals surface area contributed by atoms with Crippen LogP contribution in [0, 0.1) is 0 Å².